The summed E-state index contributed by atoms with van der Waals surface area (Å²) in [5, 5.41) is 12.1. The smallest absolute Gasteiger partial charge is 0.237 e. The van der Waals surface area contributed by atoms with Crippen molar-refractivity contribution in [2.24, 2.45) is 5.73 Å². The Labute approximate surface area is 118 Å². The van der Waals surface area contributed by atoms with Crippen LogP contribution in [0.25, 0.3) is 0 Å². The maximum absolute atomic E-state index is 11.9. The molecule has 2 atom stereocenters. The van der Waals surface area contributed by atoms with Gasteiger partial charge in [-0.15, -0.1) is 0 Å². The zero-order valence-corrected chi connectivity index (χ0v) is 12.0. The average molecular weight is 282 g/mol. The monoisotopic (exact) mass is 282 g/mol. The maximum atomic E-state index is 11.9. The minimum absolute atomic E-state index is 0.0874. The van der Waals surface area contributed by atoms with E-state index in [1.54, 1.807) is 11.8 Å². The van der Waals surface area contributed by atoms with Crippen molar-refractivity contribution in [3.63, 3.8) is 0 Å². The fourth-order valence-corrected chi connectivity index (χ4v) is 2.23. The third-order valence-electron chi connectivity index (χ3n) is 2.86. The molecule has 106 valence electrons. The number of hydrogen-bond donors (Lipinski definition) is 3. The Balaban J connectivity index is 2.45. The van der Waals surface area contributed by atoms with Crippen LogP contribution < -0.4 is 11.1 Å². The van der Waals surface area contributed by atoms with Gasteiger partial charge in [0.15, 0.2) is 0 Å². The lowest BCUT2D eigenvalue weighted by molar-refractivity contribution is -0.123. The predicted molar refractivity (Wildman–Crippen MR) is 80.1 cm³/mol. The number of thioether (sulfide) groups is 1. The van der Waals surface area contributed by atoms with Gasteiger partial charge in [0.2, 0.25) is 5.91 Å². The van der Waals surface area contributed by atoms with E-state index in [2.05, 4.69) is 5.32 Å². The summed E-state index contributed by atoms with van der Waals surface area (Å²) in [5.74, 6) is 0.667. The Bertz CT molecular complexity index is 373. The summed E-state index contributed by atoms with van der Waals surface area (Å²) in [6.45, 7) is -0.0874. The molecule has 19 heavy (non-hydrogen) atoms. The van der Waals surface area contributed by atoms with Crippen LogP contribution in [-0.2, 0) is 11.2 Å². The number of aliphatic hydroxyl groups excluding tert-OH is 1. The van der Waals surface area contributed by atoms with Gasteiger partial charge in [-0.1, -0.05) is 30.3 Å². The molecule has 0 spiro atoms. The molecule has 1 amide bonds. The molecule has 1 aromatic rings. The summed E-state index contributed by atoms with van der Waals surface area (Å²) in [6, 6.07) is 8.98. The van der Waals surface area contributed by atoms with E-state index >= 15 is 0 Å². The highest BCUT2D eigenvalue weighted by molar-refractivity contribution is 7.98. The number of hydrogen-bond acceptors (Lipinski definition) is 4. The molecule has 0 unspecified atom stereocenters. The maximum Gasteiger partial charge on any atom is 0.237 e. The normalized spacial score (nSPS) is 13.8. The van der Waals surface area contributed by atoms with Crippen molar-refractivity contribution >= 4 is 17.7 Å². The van der Waals surface area contributed by atoms with Gasteiger partial charge in [0, 0.05) is 0 Å². The largest absolute Gasteiger partial charge is 0.394 e. The molecule has 0 saturated carbocycles. The van der Waals surface area contributed by atoms with E-state index in [4.69, 9.17) is 5.73 Å². The number of benzene rings is 1. The van der Waals surface area contributed by atoms with Gasteiger partial charge in [-0.05, 0) is 30.4 Å². The Morgan fingerprint density at radius 2 is 2.11 bits per heavy atom. The summed E-state index contributed by atoms with van der Waals surface area (Å²) in [4.78, 5) is 11.9. The molecule has 4 N–H and O–H groups in total. The zero-order valence-electron chi connectivity index (χ0n) is 11.2. The van der Waals surface area contributed by atoms with Crippen LogP contribution in [0.3, 0.4) is 0 Å². The molecule has 0 aliphatic heterocycles. The number of amides is 1. The molecule has 0 aromatic heterocycles. The fourth-order valence-electron chi connectivity index (χ4n) is 1.74. The Morgan fingerprint density at radius 1 is 1.42 bits per heavy atom. The lowest BCUT2D eigenvalue weighted by Gasteiger charge is -2.19. The van der Waals surface area contributed by atoms with Crippen molar-refractivity contribution in [2.75, 3.05) is 18.6 Å². The van der Waals surface area contributed by atoms with E-state index in [-0.39, 0.29) is 18.6 Å². The Kier molecular flexibility index (Phi) is 7.55. The van der Waals surface area contributed by atoms with Crippen LogP contribution in [0.5, 0.6) is 0 Å². The lowest BCUT2D eigenvalue weighted by atomic mass is 10.1. The first-order valence-electron chi connectivity index (χ1n) is 6.37. The standard InChI is InChI=1S/C14H22N2O2S/c1-19-8-7-13(15)14(18)16-12(10-17)9-11-5-3-2-4-6-11/h2-6,12-13,17H,7-10,15H2,1H3,(H,16,18)/t12-,13-/m0/s1. The van der Waals surface area contributed by atoms with Crippen molar-refractivity contribution in [2.45, 2.75) is 24.9 Å². The Hall–Kier alpha value is -1.04. The molecule has 1 rings (SSSR count). The highest BCUT2D eigenvalue weighted by Crippen LogP contribution is 2.04. The first kappa shape index (κ1) is 16.0. The number of carbonyl (C=O) groups excluding carboxylic acids is 1. The van der Waals surface area contributed by atoms with E-state index in [9.17, 15) is 9.90 Å². The number of carbonyl (C=O) groups is 1. The lowest BCUT2D eigenvalue weighted by Crippen LogP contribution is -2.47. The average Bonchev–Trinajstić information content (AvgIpc) is 2.44. The number of rotatable bonds is 8. The highest BCUT2D eigenvalue weighted by atomic mass is 32.2. The molecule has 0 aliphatic carbocycles. The third-order valence-corrected chi connectivity index (χ3v) is 3.51. The van der Waals surface area contributed by atoms with E-state index in [1.165, 1.54) is 0 Å². The molecular formula is C14H22N2O2S. The molecule has 0 bridgehead atoms. The van der Waals surface area contributed by atoms with Gasteiger partial charge in [-0.2, -0.15) is 11.8 Å². The number of nitrogens with one attached hydrogen (secondary N) is 1. The van der Waals surface area contributed by atoms with Gasteiger partial charge in [-0.3, -0.25) is 4.79 Å². The van der Waals surface area contributed by atoms with Gasteiger partial charge in [-0.25, -0.2) is 0 Å². The molecule has 0 aliphatic rings. The summed E-state index contributed by atoms with van der Waals surface area (Å²) >= 11 is 1.67. The molecule has 5 heteroatoms. The second kappa shape index (κ2) is 8.96. The summed E-state index contributed by atoms with van der Waals surface area (Å²) in [6.07, 6.45) is 3.24. The topological polar surface area (TPSA) is 75.4 Å². The van der Waals surface area contributed by atoms with Crippen molar-refractivity contribution in [1.82, 2.24) is 5.32 Å². The molecular weight excluding hydrogens is 260 g/mol. The first-order chi connectivity index (χ1) is 9.17. The number of aliphatic hydroxyl groups is 1. The van der Waals surface area contributed by atoms with Crippen LogP contribution in [-0.4, -0.2) is 41.7 Å². The van der Waals surface area contributed by atoms with Gasteiger partial charge in [0.1, 0.15) is 0 Å². The van der Waals surface area contributed by atoms with Crippen molar-refractivity contribution in [3.8, 4) is 0 Å². The van der Waals surface area contributed by atoms with Crippen LogP contribution in [0.1, 0.15) is 12.0 Å². The summed E-state index contributed by atoms with van der Waals surface area (Å²) in [5.41, 5.74) is 6.88. The molecule has 0 radical (unpaired) electrons. The van der Waals surface area contributed by atoms with Crippen molar-refractivity contribution < 1.29 is 9.90 Å². The summed E-state index contributed by atoms with van der Waals surface area (Å²) < 4.78 is 0. The minimum Gasteiger partial charge on any atom is -0.394 e. The highest BCUT2D eigenvalue weighted by Gasteiger charge is 2.17. The van der Waals surface area contributed by atoms with Crippen LogP contribution in [0.15, 0.2) is 30.3 Å². The van der Waals surface area contributed by atoms with Crippen LogP contribution in [0, 0.1) is 0 Å². The molecule has 4 nitrogen and oxygen atoms in total. The van der Waals surface area contributed by atoms with E-state index in [0.29, 0.717) is 12.8 Å². The van der Waals surface area contributed by atoms with E-state index in [1.807, 2.05) is 36.6 Å². The van der Waals surface area contributed by atoms with Gasteiger partial charge in [0.05, 0.1) is 18.7 Å². The molecule has 0 saturated heterocycles. The Morgan fingerprint density at radius 3 is 2.68 bits per heavy atom. The van der Waals surface area contributed by atoms with E-state index < -0.39 is 6.04 Å². The second-order valence-electron chi connectivity index (χ2n) is 4.47. The minimum atomic E-state index is -0.503. The van der Waals surface area contributed by atoms with Gasteiger partial charge < -0.3 is 16.2 Å². The van der Waals surface area contributed by atoms with Crippen LogP contribution in [0.4, 0.5) is 0 Å². The van der Waals surface area contributed by atoms with Crippen molar-refractivity contribution in [1.29, 1.82) is 0 Å². The van der Waals surface area contributed by atoms with Crippen LogP contribution in [0.2, 0.25) is 0 Å². The SMILES string of the molecule is CSCC[C@H](N)C(=O)N[C@H](CO)Cc1ccccc1. The summed E-state index contributed by atoms with van der Waals surface area (Å²) in [7, 11) is 0. The molecule has 0 heterocycles. The first-order valence-corrected chi connectivity index (χ1v) is 7.76. The van der Waals surface area contributed by atoms with Gasteiger partial charge >= 0.3 is 0 Å². The van der Waals surface area contributed by atoms with E-state index in [0.717, 1.165) is 11.3 Å². The molecule has 0 fully saturated rings. The fraction of sp³-hybridized carbons (Fsp3) is 0.500. The second-order valence-corrected chi connectivity index (χ2v) is 5.45. The van der Waals surface area contributed by atoms with Crippen LogP contribution >= 0.6 is 11.8 Å². The molecule has 1 aromatic carbocycles. The third kappa shape index (κ3) is 6.09. The predicted octanol–water partition coefficient (Wildman–Crippen LogP) is 0.787. The quantitative estimate of drug-likeness (QED) is 0.659. The number of nitrogens with two attached hydrogens (primary N) is 1. The van der Waals surface area contributed by atoms with Crippen molar-refractivity contribution in [3.05, 3.63) is 35.9 Å². The van der Waals surface area contributed by atoms with Gasteiger partial charge in [0.25, 0.3) is 0 Å². The zero-order chi connectivity index (χ0) is 14.1.